The Morgan fingerprint density at radius 2 is 1.73 bits per heavy atom. The Morgan fingerprint density at radius 3 is 2.31 bits per heavy atom. The van der Waals surface area contributed by atoms with Crippen LogP contribution in [0.4, 0.5) is 0 Å². The molecule has 0 saturated heterocycles. The summed E-state index contributed by atoms with van der Waals surface area (Å²) in [5.74, 6) is 0.871. The molecule has 5 heteroatoms. The molecule has 0 atom stereocenters. The fourth-order valence-corrected chi connectivity index (χ4v) is 3.25. The van der Waals surface area contributed by atoms with Gasteiger partial charge in [0.2, 0.25) is 0 Å². The van der Waals surface area contributed by atoms with Gasteiger partial charge in [-0.15, -0.1) is 0 Å². The van der Waals surface area contributed by atoms with Gasteiger partial charge in [-0.2, -0.15) is 0 Å². The second-order valence-corrected chi connectivity index (χ2v) is 7.84. The standard InChI is InChI=1S/C21H29NO4/c1-13(2)11-22(12-14(3)4)7-6-19(24)18-10-17-15(5)8-16(23)9-20(17)26-21(18)25/h8-10,13-14,23H,6-7,11-12H2,1-5H3. The highest BCUT2D eigenvalue weighted by Crippen LogP contribution is 2.24. The van der Waals surface area contributed by atoms with E-state index in [0.29, 0.717) is 29.3 Å². The van der Waals surface area contributed by atoms with Crippen LogP contribution < -0.4 is 5.63 Å². The molecule has 0 bridgehead atoms. The fourth-order valence-electron chi connectivity index (χ4n) is 3.25. The van der Waals surface area contributed by atoms with Gasteiger partial charge in [-0.05, 0) is 36.5 Å². The molecule has 0 amide bonds. The number of nitrogens with zero attached hydrogens (tertiary/aromatic N) is 1. The van der Waals surface area contributed by atoms with Crippen molar-refractivity contribution in [3.05, 3.63) is 39.7 Å². The van der Waals surface area contributed by atoms with Crippen LogP contribution in [0.5, 0.6) is 5.75 Å². The summed E-state index contributed by atoms with van der Waals surface area (Å²) in [7, 11) is 0. The van der Waals surface area contributed by atoms with Crippen LogP contribution in [0.1, 0.15) is 50.0 Å². The van der Waals surface area contributed by atoms with E-state index in [-0.39, 0.29) is 23.5 Å². The highest BCUT2D eigenvalue weighted by molar-refractivity contribution is 5.98. The Bertz CT molecular complexity index is 826. The van der Waals surface area contributed by atoms with E-state index in [1.165, 1.54) is 6.07 Å². The van der Waals surface area contributed by atoms with E-state index in [1.807, 2.05) is 6.92 Å². The van der Waals surface area contributed by atoms with E-state index in [4.69, 9.17) is 4.42 Å². The largest absolute Gasteiger partial charge is 0.508 e. The number of benzene rings is 1. The number of phenolic OH excluding ortho intramolecular Hbond substituents is 1. The third kappa shape index (κ3) is 5.18. The van der Waals surface area contributed by atoms with Gasteiger partial charge in [0.1, 0.15) is 16.9 Å². The summed E-state index contributed by atoms with van der Waals surface area (Å²) < 4.78 is 5.26. The number of fused-ring (bicyclic) bond motifs is 1. The lowest BCUT2D eigenvalue weighted by Gasteiger charge is -2.25. The van der Waals surface area contributed by atoms with Crippen LogP contribution in [-0.4, -0.2) is 35.4 Å². The Balaban J connectivity index is 2.20. The predicted octanol–water partition coefficient (Wildman–Crippen LogP) is 3.99. The third-order valence-electron chi connectivity index (χ3n) is 4.25. The molecule has 0 aliphatic carbocycles. The average molecular weight is 359 g/mol. The lowest BCUT2D eigenvalue weighted by atomic mass is 10.0. The van der Waals surface area contributed by atoms with Crippen LogP contribution in [-0.2, 0) is 0 Å². The van der Waals surface area contributed by atoms with Crippen molar-refractivity contribution in [2.24, 2.45) is 11.8 Å². The van der Waals surface area contributed by atoms with E-state index >= 15 is 0 Å². The molecule has 5 nitrogen and oxygen atoms in total. The highest BCUT2D eigenvalue weighted by Gasteiger charge is 2.17. The number of ketones is 1. The molecule has 1 heterocycles. The van der Waals surface area contributed by atoms with Crippen LogP contribution in [0, 0.1) is 18.8 Å². The summed E-state index contributed by atoms with van der Waals surface area (Å²) in [6, 6.07) is 4.57. The van der Waals surface area contributed by atoms with Crippen molar-refractivity contribution in [1.82, 2.24) is 4.90 Å². The number of hydrogen-bond donors (Lipinski definition) is 1. The van der Waals surface area contributed by atoms with Gasteiger partial charge < -0.3 is 14.4 Å². The van der Waals surface area contributed by atoms with Crippen LogP contribution >= 0.6 is 0 Å². The second-order valence-electron chi connectivity index (χ2n) is 7.84. The van der Waals surface area contributed by atoms with E-state index < -0.39 is 5.63 Å². The van der Waals surface area contributed by atoms with Gasteiger partial charge in [-0.3, -0.25) is 4.79 Å². The van der Waals surface area contributed by atoms with Crippen molar-refractivity contribution in [1.29, 1.82) is 0 Å². The number of aromatic hydroxyl groups is 1. The molecular formula is C21H29NO4. The summed E-state index contributed by atoms with van der Waals surface area (Å²) in [6.07, 6.45) is 0.285. The lowest BCUT2D eigenvalue weighted by Crippen LogP contribution is -2.33. The average Bonchev–Trinajstić information content (AvgIpc) is 2.50. The molecule has 0 radical (unpaired) electrons. The number of rotatable bonds is 8. The first-order valence-corrected chi connectivity index (χ1v) is 9.20. The molecule has 1 aromatic carbocycles. The summed E-state index contributed by atoms with van der Waals surface area (Å²) in [4.78, 5) is 27.1. The van der Waals surface area contributed by atoms with E-state index in [0.717, 1.165) is 18.7 Å². The molecule has 0 aliphatic heterocycles. The molecule has 0 fully saturated rings. The van der Waals surface area contributed by atoms with Crippen molar-refractivity contribution in [3.63, 3.8) is 0 Å². The van der Waals surface area contributed by atoms with Gasteiger partial charge in [0.15, 0.2) is 5.78 Å². The highest BCUT2D eigenvalue weighted by atomic mass is 16.4. The van der Waals surface area contributed by atoms with Crippen molar-refractivity contribution in [3.8, 4) is 5.75 Å². The van der Waals surface area contributed by atoms with Gasteiger partial charge >= 0.3 is 5.63 Å². The van der Waals surface area contributed by atoms with Crippen LogP contribution in [0.15, 0.2) is 27.4 Å². The van der Waals surface area contributed by atoms with Gasteiger partial charge in [0.05, 0.1) is 0 Å². The number of aryl methyl sites for hydroxylation is 1. The summed E-state index contributed by atoms with van der Waals surface area (Å²) >= 11 is 0. The number of phenols is 1. The monoisotopic (exact) mass is 359 g/mol. The van der Waals surface area contributed by atoms with E-state index in [2.05, 4.69) is 32.6 Å². The first-order valence-electron chi connectivity index (χ1n) is 9.20. The van der Waals surface area contributed by atoms with Gasteiger partial charge in [-0.1, -0.05) is 27.7 Å². The van der Waals surface area contributed by atoms with Gasteiger partial charge in [-0.25, -0.2) is 4.79 Å². The minimum atomic E-state index is -0.647. The summed E-state index contributed by atoms with van der Waals surface area (Å²) in [5.41, 5.74) is 0.497. The molecule has 1 aromatic heterocycles. The molecular weight excluding hydrogens is 330 g/mol. The van der Waals surface area contributed by atoms with Crippen molar-refractivity contribution in [2.45, 2.75) is 41.0 Å². The normalized spacial score (nSPS) is 11.8. The SMILES string of the molecule is Cc1cc(O)cc2oc(=O)c(C(=O)CCN(CC(C)C)CC(C)C)cc12. The zero-order valence-electron chi connectivity index (χ0n) is 16.3. The number of carbonyl (C=O) groups is 1. The lowest BCUT2D eigenvalue weighted by molar-refractivity contribution is 0.0953. The number of carbonyl (C=O) groups excluding carboxylic acids is 1. The molecule has 0 saturated carbocycles. The quantitative estimate of drug-likeness (QED) is 0.570. The maximum absolute atomic E-state index is 12.6. The van der Waals surface area contributed by atoms with Crippen molar-refractivity contribution in [2.75, 3.05) is 19.6 Å². The zero-order valence-corrected chi connectivity index (χ0v) is 16.3. The topological polar surface area (TPSA) is 70.8 Å². The molecule has 2 aromatic rings. The van der Waals surface area contributed by atoms with Crippen LogP contribution in [0.25, 0.3) is 11.0 Å². The summed E-state index contributed by atoms with van der Waals surface area (Å²) in [5, 5.41) is 10.3. The minimum Gasteiger partial charge on any atom is -0.508 e. The smallest absolute Gasteiger partial charge is 0.347 e. The molecule has 26 heavy (non-hydrogen) atoms. The van der Waals surface area contributed by atoms with Crippen LogP contribution in [0.3, 0.4) is 0 Å². The van der Waals surface area contributed by atoms with E-state index in [1.54, 1.807) is 12.1 Å². The Morgan fingerprint density at radius 1 is 1.12 bits per heavy atom. The first kappa shape index (κ1) is 20.2. The molecule has 2 rings (SSSR count). The first-order chi connectivity index (χ1) is 12.2. The van der Waals surface area contributed by atoms with Crippen LogP contribution in [0.2, 0.25) is 0 Å². The second kappa shape index (κ2) is 8.49. The molecule has 142 valence electrons. The zero-order chi connectivity index (χ0) is 19.4. The van der Waals surface area contributed by atoms with E-state index in [9.17, 15) is 14.7 Å². The Kier molecular flexibility index (Phi) is 6.59. The maximum Gasteiger partial charge on any atom is 0.347 e. The number of hydrogen-bond acceptors (Lipinski definition) is 5. The Hall–Kier alpha value is -2.14. The Labute approximate surface area is 154 Å². The fraction of sp³-hybridized carbons (Fsp3) is 0.524. The molecule has 1 N–H and O–H groups in total. The maximum atomic E-state index is 12.6. The summed E-state index contributed by atoms with van der Waals surface area (Å²) in [6.45, 7) is 12.9. The molecule has 0 spiro atoms. The van der Waals surface area contributed by atoms with Gasteiger partial charge in [0.25, 0.3) is 0 Å². The van der Waals surface area contributed by atoms with Crippen molar-refractivity contribution < 1.29 is 14.3 Å². The van der Waals surface area contributed by atoms with Gasteiger partial charge in [0, 0.05) is 37.5 Å². The minimum absolute atomic E-state index is 0.0373. The predicted molar refractivity (Wildman–Crippen MR) is 104 cm³/mol. The number of Topliss-reactive ketones (excluding diaryl/α,β-unsaturated/α-hetero) is 1. The molecule has 0 unspecified atom stereocenters. The van der Waals surface area contributed by atoms with Crippen molar-refractivity contribution >= 4 is 16.8 Å². The third-order valence-corrected chi connectivity index (χ3v) is 4.25. The molecule has 0 aliphatic rings.